The maximum atomic E-state index is 11.8. The monoisotopic (exact) mass is 260 g/mol. The average molecular weight is 260 g/mol. The molecule has 1 saturated heterocycles. The molecule has 2 unspecified atom stereocenters. The van der Waals surface area contributed by atoms with Crippen molar-refractivity contribution < 1.29 is 24.9 Å². The minimum Gasteiger partial charge on any atom is -0.480 e. The van der Waals surface area contributed by atoms with Gasteiger partial charge in [0.2, 0.25) is 0 Å². The average Bonchev–Trinajstić information content (AvgIpc) is 2.77. The molecule has 0 radical (unpaired) electrons. The minimum atomic E-state index is -1.15. The molecule has 0 spiro atoms. The lowest BCUT2D eigenvalue weighted by Crippen LogP contribution is -2.47. The first kappa shape index (κ1) is 14.7. The van der Waals surface area contributed by atoms with Crippen LogP contribution in [0.15, 0.2) is 0 Å². The summed E-state index contributed by atoms with van der Waals surface area (Å²) in [5.41, 5.74) is 0. The van der Waals surface area contributed by atoms with E-state index < -0.39 is 18.0 Å². The van der Waals surface area contributed by atoms with Crippen LogP contribution in [0.25, 0.3) is 0 Å². The fourth-order valence-corrected chi connectivity index (χ4v) is 2.06. The van der Waals surface area contributed by atoms with E-state index in [9.17, 15) is 9.59 Å². The van der Waals surface area contributed by atoms with Gasteiger partial charge in [0.05, 0.1) is 0 Å². The summed E-state index contributed by atoms with van der Waals surface area (Å²) >= 11 is 0. The van der Waals surface area contributed by atoms with Gasteiger partial charge < -0.3 is 25.5 Å². The van der Waals surface area contributed by atoms with Crippen molar-refractivity contribution in [3.8, 4) is 0 Å². The maximum Gasteiger partial charge on any atom is 0.326 e. The molecule has 0 aromatic rings. The van der Waals surface area contributed by atoms with Crippen LogP contribution in [0.5, 0.6) is 0 Å². The van der Waals surface area contributed by atoms with Crippen LogP contribution < -0.4 is 5.32 Å². The van der Waals surface area contributed by atoms with E-state index in [2.05, 4.69) is 5.32 Å². The van der Waals surface area contributed by atoms with Gasteiger partial charge in [-0.05, 0) is 18.8 Å². The van der Waals surface area contributed by atoms with Crippen LogP contribution >= 0.6 is 0 Å². The number of nitrogens with one attached hydrogen (secondary N) is 1. The highest BCUT2D eigenvalue weighted by Crippen LogP contribution is 2.19. The number of carboxylic acids is 1. The van der Waals surface area contributed by atoms with Crippen molar-refractivity contribution in [1.29, 1.82) is 0 Å². The Labute approximate surface area is 105 Å². The summed E-state index contributed by atoms with van der Waals surface area (Å²) in [5, 5.41) is 28.8. The molecule has 0 aromatic carbocycles. The van der Waals surface area contributed by atoms with Crippen molar-refractivity contribution in [1.82, 2.24) is 10.2 Å². The van der Waals surface area contributed by atoms with E-state index in [0.29, 0.717) is 19.5 Å². The lowest BCUT2D eigenvalue weighted by molar-refractivity contribution is -0.139. The molecular formula is C11H20N2O5. The topological polar surface area (TPSA) is 110 Å². The van der Waals surface area contributed by atoms with Crippen LogP contribution in [-0.4, -0.2) is 64.6 Å². The highest BCUT2D eigenvalue weighted by Gasteiger charge is 2.28. The summed E-state index contributed by atoms with van der Waals surface area (Å²) in [6, 6.07) is -1.48. The van der Waals surface area contributed by atoms with Crippen LogP contribution in [0.1, 0.15) is 19.3 Å². The third-order valence-corrected chi connectivity index (χ3v) is 3.12. The highest BCUT2D eigenvalue weighted by atomic mass is 16.4. The van der Waals surface area contributed by atoms with E-state index in [4.69, 9.17) is 15.3 Å². The molecule has 0 aliphatic carbocycles. The minimum absolute atomic E-state index is 0.00498. The Bertz CT molecular complexity index is 297. The van der Waals surface area contributed by atoms with Crippen LogP contribution in [0.4, 0.5) is 4.79 Å². The fraction of sp³-hybridized carbons (Fsp3) is 0.818. The number of aliphatic hydroxyl groups is 2. The van der Waals surface area contributed by atoms with E-state index in [0.717, 1.165) is 6.42 Å². The summed E-state index contributed by atoms with van der Waals surface area (Å²) in [6.45, 7) is 0.923. The third-order valence-electron chi connectivity index (χ3n) is 3.12. The first-order valence-corrected chi connectivity index (χ1v) is 6.08. The molecule has 1 aliphatic rings. The second-order valence-electron chi connectivity index (χ2n) is 4.47. The Morgan fingerprint density at radius 2 is 2.06 bits per heavy atom. The molecule has 1 aliphatic heterocycles. The van der Waals surface area contributed by atoms with E-state index in [1.807, 2.05) is 0 Å². The fourth-order valence-electron chi connectivity index (χ4n) is 2.06. The zero-order chi connectivity index (χ0) is 13.5. The predicted octanol–water partition coefficient (Wildman–Crippen LogP) is -0.764. The quantitative estimate of drug-likeness (QED) is 0.501. The molecule has 104 valence electrons. The zero-order valence-corrected chi connectivity index (χ0v) is 10.2. The summed E-state index contributed by atoms with van der Waals surface area (Å²) in [7, 11) is 0. The Morgan fingerprint density at radius 1 is 1.33 bits per heavy atom. The Morgan fingerprint density at radius 3 is 2.61 bits per heavy atom. The van der Waals surface area contributed by atoms with E-state index >= 15 is 0 Å². The number of hydrogen-bond donors (Lipinski definition) is 4. The summed E-state index contributed by atoms with van der Waals surface area (Å²) in [4.78, 5) is 24.2. The van der Waals surface area contributed by atoms with Crippen LogP contribution in [-0.2, 0) is 4.79 Å². The molecule has 4 N–H and O–H groups in total. The molecule has 7 heteroatoms. The SMILES string of the molecule is O=C(O)C(CCO)NC(=O)N1CCC(CCO)C1. The second kappa shape index (κ2) is 7.17. The van der Waals surface area contributed by atoms with Gasteiger partial charge in [-0.3, -0.25) is 0 Å². The van der Waals surface area contributed by atoms with Crippen LogP contribution in [0.3, 0.4) is 0 Å². The Hall–Kier alpha value is -1.34. The number of aliphatic hydroxyl groups excluding tert-OH is 2. The van der Waals surface area contributed by atoms with Gasteiger partial charge in [0.1, 0.15) is 6.04 Å². The molecule has 7 nitrogen and oxygen atoms in total. The summed E-state index contributed by atoms with van der Waals surface area (Å²) in [5.74, 6) is -0.870. The number of rotatable bonds is 6. The van der Waals surface area contributed by atoms with Gasteiger partial charge in [0.15, 0.2) is 0 Å². The number of likely N-dealkylation sites (tertiary alicyclic amines) is 1. The van der Waals surface area contributed by atoms with Gasteiger partial charge in [-0.15, -0.1) is 0 Å². The lowest BCUT2D eigenvalue weighted by atomic mass is 10.1. The van der Waals surface area contributed by atoms with Crippen molar-refractivity contribution in [3.05, 3.63) is 0 Å². The number of carbonyl (C=O) groups is 2. The van der Waals surface area contributed by atoms with E-state index in [1.54, 1.807) is 4.90 Å². The normalized spacial score (nSPS) is 20.8. The van der Waals surface area contributed by atoms with Crippen molar-refractivity contribution >= 4 is 12.0 Å². The molecular weight excluding hydrogens is 240 g/mol. The predicted molar refractivity (Wildman–Crippen MR) is 63.0 cm³/mol. The van der Waals surface area contributed by atoms with Gasteiger partial charge in [0, 0.05) is 32.7 Å². The molecule has 1 heterocycles. The second-order valence-corrected chi connectivity index (χ2v) is 4.47. The lowest BCUT2D eigenvalue weighted by Gasteiger charge is -2.20. The Balaban J connectivity index is 2.42. The summed E-state index contributed by atoms with van der Waals surface area (Å²) < 4.78 is 0. The van der Waals surface area contributed by atoms with Crippen molar-refractivity contribution in [2.45, 2.75) is 25.3 Å². The van der Waals surface area contributed by atoms with Crippen molar-refractivity contribution in [3.63, 3.8) is 0 Å². The number of aliphatic carboxylic acids is 1. The third kappa shape index (κ3) is 4.15. The molecule has 1 rings (SSSR count). The van der Waals surface area contributed by atoms with Crippen LogP contribution in [0.2, 0.25) is 0 Å². The number of carboxylic acid groups (broad SMARTS) is 1. The first-order valence-electron chi connectivity index (χ1n) is 6.08. The molecule has 2 atom stereocenters. The van der Waals surface area contributed by atoms with Gasteiger partial charge in [0.25, 0.3) is 0 Å². The smallest absolute Gasteiger partial charge is 0.326 e. The molecule has 1 fully saturated rings. The Kier molecular flexibility index (Phi) is 5.87. The molecule has 2 amide bonds. The molecule has 0 bridgehead atoms. The largest absolute Gasteiger partial charge is 0.480 e. The number of nitrogens with zero attached hydrogens (tertiary/aromatic N) is 1. The number of hydrogen-bond acceptors (Lipinski definition) is 4. The molecule has 0 saturated carbocycles. The van der Waals surface area contributed by atoms with Crippen molar-refractivity contribution in [2.75, 3.05) is 26.3 Å². The van der Waals surface area contributed by atoms with E-state index in [1.165, 1.54) is 0 Å². The number of carbonyl (C=O) groups excluding carboxylic acids is 1. The van der Waals surface area contributed by atoms with Gasteiger partial charge in [-0.2, -0.15) is 0 Å². The maximum absolute atomic E-state index is 11.8. The molecule has 18 heavy (non-hydrogen) atoms. The van der Waals surface area contributed by atoms with Crippen molar-refractivity contribution in [2.24, 2.45) is 5.92 Å². The number of urea groups is 1. The van der Waals surface area contributed by atoms with Gasteiger partial charge in [-0.25, -0.2) is 9.59 Å². The van der Waals surface area contributed by atoms with Gasteiger partial charge >= 0.3 is 12.0 Å². The first-order chi connectivity index (χ1) is 8.58. The number of amides is 2. The molecule has 0 aromatic heterocycles. The van der Waals surface area contributed by atoms with Gasteiger partial charge in [-0.1, -0.05) is 0 Å². The van der Waals surface area contributed by atoms with E-state index in [-0.39, 0.29) is 25.6 Å². The zero-order valence-electron chi connectivity index (χ0n) is 10.2. The summed E-state index contributed by atoms with van der Waals surface area (Å²) in [6.07, 6.45) is 1.48. The standard InChI is InChI=1S/C11H20N2O5/c14-5-2-8-1-4-13(7-8)11(18)12-9(3-6-15)10(16)17/h8-9,14-15H,1-7H2,(H,12,18)(H,16,17). The highest BCUT2D eigenvalue weighted by molar-refractivity contribution is 5.82. The van der Waals surface area contributed by atoms with Crippen LogP contribution in [0, 0.1) is 5.92 Å².